The summed E-state index contributed by atoms with van der Waals surface area (Å²) < 4.78 is 7.23. The molecule has 1 aromatic carbocycles. The minimum atomic E-state index is 0.572. The third-order valence-electron chi connectivity index (χ3n) is 3.53. The zero-order valence-electron chi connectivity index (χ0n) is 13.4. The smallest absolute Gasteiger partial charge is 0.203 e. The highest BCUT2D eigenvalue weighted by molar-refractivity contribution is 5.32. The molecule has 0 spiro atoms. The van der Waals surface area contributed by atoms with Gasteiger partial charge in [0.25, 0.3) is 0 Å². The Hall–Kier alpha value is -1.81. The van der Waals surface area contributed by atoms with Gasteiger partial charge in [-0.05, 0) is 24.0 Å². The summed E-state index contributed by atoms with van der Waals surface area (Å²) >= 11 is 0. The van der Waals surface area contributed by atoms with Gasteiger partial charge in [-0.15, -0.1) is 0 Å². The number of hydrogen-bond acceptors (Lipinski definition) is 3. The standard InChI is InChI=1S/C17H25N3O/c1-13(2)16-7-5-15(6-8-16)11-18-17-19-14(3)12-20(17)9-10-21-4/h5-8,12-13H,9-11H2,1-4H3,(H,18,19). The van der Waals surface area contributed by atoms with Crippen molar-refractivity contribution in [3.8, 4) is 0 Å². The number of rotatable bonds is 7. The van der Waals surface area contributed by atoms with E-state index in [4.69, 9.17) is 4.74 Å². The molecule has 0 amide bonds. The normalized spacial score (nSPS) is 11.1. The topological polar surface area (TPSA) is 39.1 Å². The van der Waals surface area contributed by atoms with Gasteiger partial charge in [0.05, 0.1) is 12.3 Å². The highest BCUT2D eigenvalue weighted by Gasteiger charge is 2.05. The summed E-state index contributed by atoms with van der Waals surface area (Å²) in [6, 6.07) is 8.75. The first kappa shape index (κ1) is 15.6. The summed E-state index contributed by atoms with van der Waals surface area (Å²) in [5, 5.41) is 3.40. The van der Waals surface area contributed by atoms with Gasteiger partial charge in [-0.3, -0.25) is 0 Å². The number of anilines is 1. The fourth-order valence-corrected chi connectivity index (χ4v) is 2.25. The number of nitrogens with zero attached hydrogens (tertiary/aromatic N) is 2. The zero-order chi connectivity index (χ0) is 15.2. The molecular weight excluding hydrogens is 262 g/mol. The second kappa shape index (κ2) is 7.27. The molecule has 0 unspecified atom stereocenters. The largest absolute Gasteiger partial charge is 0.383 e. The van der Waals surface area contributed by atoms with Gasteiger partial charge >= 0.3 is 0 Å². The highest BCUT2D eigenvalue weighted by atomic mass is 16.5. The minimum absolute atomic E-state index is 0.572. The molecule has 0 saturated heterocycles. The third-order valence-corrected chi connectivity index (χ3v) is 3.53. The molecule has 0 radical (unpaired) electrons. The molecule has 1 N–H and O–H groups in total. The Kier molecular flexibility index (Phi) is 5.39. The van der Waals surface area contributed by atoms with Crippen LogP contribution in [0.15, 0.2) is 30.5 Å². The minimum Gasteiger partial charge on any atom is -0.383 e. The summed E-state index contributed by atoms with van der Waals surface area (Å²) in [5.74, 6) is 1.47. The summed E-state index contributed by atoms with van der Waals surface area (Å²) in [5.41, 5.74) is 3.65. The SMILES string of the molecule is COCCn1cc(C)nc1NCc1ccc(C(C)C)cc1. The average Bonchev–Trinajstić information content (AvgIpc) is 2.83. The van der Waals surface area contributed by atoms with Crippen LogP contribution in [0.3, 0.4) is 0 Å². The Balaban J connectivity index is 1.99. The number of aryl methyl sites for hydroxylation is 1. The van der Waals surface area contributed by atoms with Crippen molar-refractivity contribution >= 4 is 5.95 Å². The molecule has 0 bridgehead atoms. The molecule has 1 heterocycles. The van der Waals surface area contributed by atoms with Gasteiger partial charge in [0.2, 0.25) is 5.95 Å². The number of methoxy groups -OCH3 is 1. The molecule has 114 valence electrons. The van der Waals surface area contributed by atoms with Gasteiger partial charge in [-0.1, -0.05) is 38.1 Å². The van der Waals surface area contributed by atoms with Crippen molar-refractivity contribution in [2.45, 2.75) is 39.8 Å². The maximum atomic E-state index is 5.13. The highest BCUT2D eigenvalue weighted by Crippen LogP contribution is 2.16. The van der Waals surface area contributed by atoms with Crippen LogP contribution >= 0.6 is 0 Å². The van der Waals surface area contributed by atoms with Crippen molar-refractivity contribution < 1.29 is 4.74 Å². The van der Waals surface area contributed by atoms with Crippen LogP contribution in [0.5, 0.6) is 0 Å². The lowest BCUT2D eigenvalue weighted by Gasteiger charge is -2.10. The Morgan fingerprint density at radius 2 is 1.95 bits per heavy atom. The zero-order valence-corrected chi connectivity index (χ0v) is 13.4. The molecule has 2 aromatic rings. The number of nitrogens with one attached hydrogen (secondary N) is 1. The second-order valence-corrected chi connectivity index (χ2v) is 5.64. The average molecular weight is 287 g/mol. The van der Waals surface area contributed by atoms with E-state index in [2.05, 4.69) is 53.0 Å². The molecule has 4 heteroatoms. The van der Waals surface area contributed by atoms with Crippen LogP contribution in [-0.2, 0) is 17.8 Å². The van der Waals surface area contributed by atoms with E-state index >= 15 is 0 Å². The van der Waals surface area contributed by atoms with Gasteiger partial charge in [0.1, 0.15) is 0 Å². The molecule has 0 fully saturated rings. The maximum absolute atomic E-state index is 5.13. The molecular formula is C17H25N3O. The molecule has 0 aliphatic heterocycles. The number of benzene rings is 1. The van der Waals surface area contributed by atoms with Crippen LogP contribution in [0.25, 0.3) is 0 Å². The first-order chi connectivity index (χ1) is 10.1. The first-order valence-corrected chi connectivity index (χ1v) is 7.45. The Morgan fingerprint density at radius 3 is 2.57 bits per heavy atom. The van der Waals surface area contributed by atoms with Gasteiger partial charge in [-0.2, -0.15) is 0 Å². The number of aromatic nitrogens is 2. The van der Waals surface area contributed by atoms with E-state index in [1.165, 1.54) is 11.1 Å². The lowest BCUT2D eigenvalue weighted by atomic mass is 10.0. The fourth-order valence-electron chi connectivity index (χ4n) is 2.25. The predicted molar refractivity (Wildman–Crippen MR) is 86.7 cm³/mol. The fraction of sp³-hybridized carbons (Fsp3) is 0.471. The third kappa shape index (κ3) is 4.33. The van der Waals surface area contributed by atoms with Crippen molar-refractivity contribution in [2.24, 2.45) is 0 Å². The van der Waals surface area contributed by atoms with E-state index in [1.807, 2.05) is 13.1 Å². The van der Waals surface area contributed by atoms with Gasteiger partial charge in [0, 0.05) is 26.4 Å². The van der Waals surface area contributed by atoms with E-state index in [-0.39, 0.29) is 0 Å². The molecule has 4 nitrogen and oxygen atoms in total. The van der Waals surface area contributed by atoms with E-state index in [9.17, 15) is 0 Å². The van der Waals surface area contributed by atoms with Crippen molar-refractivity contribution in [1.29, 1.82) is 0 Å². The van der Waals surface area contributed by atoms with Crippen molar-refractivity contribution in [2.75, 3.05) is 19.0 Å². The van der Waals surface area contributed by atoms with Gasteiger partial charge in [-0.25, -0.2) is 4.98 Å². The van der Waals surface area contributed by atoms with E-state index < -0.39 is 0 Å². The van der Waals surface area contributed by atoms with Crippen LogP contribution in [0, 0.1) is 6.92 Å². The molecule has 0 aliphatic rings. The molecule has 0 saturated carbocycles. The van der Waals surface area contributed by atoms with Crippen molar-refractivity contribution in [3.63, 3.8) is 0 Å². The number of imidazole rings is 1. The van der Waals surface area contributed by atoms with Crippen LogP contribution in [0.2, 0.25) is 0 Å². The summed E-state index contributed by atoms with van der Waals surface area (Å²) in [6.45, 7) is 8.71. The molecule has 0 aliphatic carbocycles. The van der Waals surface area contributed by atoms with Crippen molar-refractivity contribution in [3.05, 3.63) is 47.3 Å². The van der Waals surface area contributed by atoms with Crippen molar-refractivity contribution in [1.82, 2.24) is 9.55 Å². The number of hydrogen-bond donors (Lipinski definition) is 1. The van der Waals surface area contributed by atoms with Crippen LogP contribution in [0.1, 0.15) is 36.6 Å². The summed E-state index contributed by atoms with van der Waals surface area (Å²) in [4.78, 5) is 4.52. The summed E-state index contributed by atoms with van der Waals surface area (Å²) in [6.07, 6.45) is 2.04. The second-order valence-electron chi connectivity index (χ2n) is 5.64. The maximum Gasteiger partial charge on any atom is 0.203 e. The van der Waals surface area contributed by atoms with Gasteiger partial charge in [0.15, 0.2) is 0 Å². The van der Waals surface area contributed by atoms with Gasteiger partial charge < -0.3 is 14.6 Å². The Morgan fingerprint density at radius 1 is 1.24 bits per heavy atom. The van der Waals surface area contributed by atoms with Crippen LogP contribution in [0.4, 0.5) is 5.95 Å². The molecule has 1 aromatic heterocycles. The molecule has 0 atom stereocenters. The monoisotopic (exact) mass is 287 g/mol. The quantitative estimate of drug-likeness (QED) is 0.846. The predicted octanol–water partition coefficient (Wildman–Crippen LogP) is 3.57. The van der Waals surface area contributed by atoms with Crippen LogP contribution < -0.4 is 5.32 Å². The lowest BCUT2D eigenvalue weighted by Crippen LogP contribution is -2.10. The van der Waals surface area contributed by atoms with E-state index in [0.29, 0.717) is 12.5 Å². The van der Waals surface area contributed by atoms with E-state index in [0.717, 1.165) is 24.7 Å². The van der Waals surface area contributed by atoms with Crippen LogP contribution in [-0.4, -0.2) is 23.3 Å². The number of ether oxygens (including phenoxy) is 1. The molecule has 2 rings (SSSR count). The summed E-state index contributed by atoms with van der Waals surface area (Å²) in [7, 11) is 1.72. The first-order valence-electron chi connectivity index (χ1n) is 7.45. The Bertz CT molecular complexity index is 558. The van der Waals surface area contributed by atoms with E-state index in [1.54, 1.807) is 7.11 Å². The Labute approximate surface area is 127 Å². The molecule has 21 heavy (non-hydrogen) atoms. The lowest BCUT2D eigenvalue weighted by molar-refractivity contribution is 0.187.